The van der Waals surface area contributed by atoms with E-state index in [1.54, 1.807) is 18.0 Å². The normalized spacial score (nSPS) is 10.6. The Morgan fingerprint density at radius 3 is 2.89 bits per heavy atom. The Kier molecular flexibility index (Phi) is 5.36. The average Bonchev–Trinajstić information content (AvgIpc) is 2.43. The zero-order valence-electron chi connectivity index (χ0n) is 10.9. The van der Waals surface area contributed by atoms with E-state index in [4.69, 9.17) is 0 Å². The highest BCUT2D eigenvalue weighted by Crippen LogP contribution is 2.23. The summed E-state index contributed by atoms with van der Waals surface area (Å²) in [5.41, 5.74) is 2.17. The first-order valence-corrected chi connectivity index (χ1v) is 7.28. The lowest BCUT2D eigenvalue weighted by Crippen LogP contribution is -2.11. The molecule has 0 atom stereocenters. The van der Waals surface area contributed by atoms with Crippen molar-refractivity contribution in [3.63, 3.8) is 0 Å². The number of hydrogen-bond donors (Lipinski definition) is 1. The van der Waals surface area contributed by atoms with E-state index in [1.807, 2.05) is 0 Å². The first kappa shape index (κ1) is 14.0. The van der Waals surface area contributed by atoms with Gasteiger partial charge in [-0.1, -0.05) is 19.1 Å². The summed E-state index contributed by atoms with van der Waals surface area (Å²) in [5, 5.41) is 3.30. The maximum Gasteiger partial charge on any atom is 0.141 e. The number of halogens is 1. The summed E-state index contributed by atoms with van der Waals surface area (Å²) >= 11 is 1.70. The highest BCUT2D eigenvalue weighted by atomic mass is 32.2. The molecule has 0 unspecified atom stereocenters. The Morgan fingerprint density at radius 1 is 1.21 bits per heavy atom. The molecule has 19 heavy (non-hydrogen) atoms. The van der Waals surface area contributed by atoms with Crippen LogP contribution in [0.15, 0.2) is 47.6 Å². The van der Waals surface area contributed by atoms with Crippen LogP contribution in [0, 0.1) is 5.82 Å². The van der Waals surface area contributed by atoms with Gasteiger partial charge in [-0.25, -0.2) is 4.39 Å². The van der Waals surface area contributed by atoms with Crippen LogP contribution in [0.4, 0.5) is 4.39 Å². The fourth-order valence-corrected chi connectivity index (χ4v) is 2.62. The van der Waals surface area contributed by atoms with E-state index in [-0.39, 0.29) is 5.82 Å². The minimum atomic E-state index is -0.279. The minimum absolute atomic E-state index is 0.279. The molecule has 2 nitrogen and oxygen atoms in total. The van der Waals surface area contributed by atoms with Gasteiger partial charge in [0.1, 0.15) is 5.82 Å². The van der Waals surface area contributed by atoms with E-state index in [2.05, 4.69) is 41.5 Å². The van der Waals surface area contributed by atoms with Crippen molar-refractivity contribution in [3.05, 3.63) is 59.7 Å². The molecule has 0 spiro atoms. The van der Waals surface area contributed by atoms with Gasteiger partial charge in [0.15, 0.2) is 0 Å². The van der Waals surface area contributed by atoms with Crippen LogP contribution in [0.25, 0.3) is 0 Å². The maximum atomic E-state index is 13.0. The minimum Gasteiger partial charge on any atom is -0.313 e. The predicted molar refractivity (Wildman–Crippen MR) is 77.6 cm³/mol. The average molecular weight is 276 g/mol. The van der Waals surface area contributed by atoms with E-state index in [1.165, 1.54) is 22.7 Å². The number of thioether (sulfide) groups is 1. The van der Waals surface area contributed by atoms with Crippen molar-refractivity contribution in [2.75, 3.05) is 6.54 Å². The van der Waals surface area contributed by atoms with Gasteiger partial charge in [0.2, 0.25) is 0 Å². The molecule has 1 heterocycles. The fourth-order valence-electron chi connectivity index (χ4n) is 1.72. The Balaban J connectivity index is 1.95. The summed E-state index contributed by atoms with van der Waals surface area (Å²) in [5.74, 6) is 0.453. The van der Waals surface area contributed by atoms with Crippen LogP contribution in [-0.2, 0) is 12.3 Å². The summed E-state index contributed by atoms with van der Waals surface area (Å²) in [6.45, 7) is 3.94. The summed E-state index contributed by atoms with van der Waals surface area (Å²) in [7, 11) is 0. The predicted octanol–water partition coefficient (Wildman–Crippen LogP) is 3.62. The van der Waals surface area contributed by atoms with Crippen LogP contribution in [0.1, 0.15) is 18.1 Å². The molecule has 0 aliphatic rings. The largest absolute Gasteiger partial charge is 0.313 e. The van der Waals surface area contributed by atoms with Crippen LogP contribution in [0.2, 0.25) is 0 Å². The molecule has 0 fully saturated rings. The zero-order valence-corrected chi connectivity index (χ0v) is 11.7. The molecule has 1 aromatic carbocycles. The van der Waals surface area contributed by atoms with Crippen molar-refractivity contribution in [3.8, 4) is 0 Å². The lowest BCUT2D eigenvalue weighted by molar-refractivity contribution is 0.619. The molecule has 0 aliphatic heterocycles. The number of aromatic nitrogens is 1. The lowest BCUT2D eigenvalue weighted by Gasteiger charge is -2.06. The molecule has 4 heteroatoms. The van der Waals surface area contributed by atoms with Gasteiger partial charge in [-0.3, -0.25) is 4.98 Å². The molecule has 1 N–H and O–H groups in total. The molecule has 1 aromatic heterocycles. The van der Waals surface area contributed by atoms with Gasteiger partial charge in [-0.2, -0.15) is 0 Å². The third-order valence-corrected chi connectivity index (χ3v) is 3.71. The lowest BCUT2D eigenvalue weighted by atomic mass is 10.2. The van der Waals surface area contributed by atoms with Crippen molar-refractivity contribution >= 4 is 11.8 Å². The van der Waals surface area contributed by atoms with E-state index in [0.717, 1.165) is 24.4 Å². The van der Waals surface area contributed by atoms with Crippen molar-refractivity contribution in [1.82, 2.24) is 10.3 Å². The van der Waals surface area contributed by atoms with Crippen LogP contribution in [-0.4, -0.2) is 11.5 Å². The second-order valence-electron chi connectivity index (χ2n) is 4.23. The fraction of sp³-hybridized carbons (Fsp3) is 0.267. The summed E-state index contributed by atoms with van der Waals surface area (Å²) in [6.07, 6.45) is 2.93. The van der Waals surface area contributed by atoms with E-state index >= 15 is 0 Å². The zero-order chi connectivity index (χ0) is 13.5. The third kappa shape index (κ3) is 4.65. The molecule has 2 aromatic rings. The molecule has 2 rings (SSSR count). The summed E-state index contributed by atoms with van der Waals surface area (Å²) in [6, 6.07) is 9.94. The highest BCUT2D eigenvalue weighted by Gasteiger charge is 2.00. The summed E-state index contributed by atoms with van der Waals surface area (Å²) < 4.78 is 13.0. The van der Waals surface area contributed by atoms with Gasteiger partial charge in [-0.15, -0.1) is 11.8 Å². The Hall–Kier alpha value is -1.39. The van der Waals surface area contributed by atoms with E-state index in [0.29, 0.717) is 0 Å². The Bertz CT molecular complexity index is 531. The van der Waals surface area contributed by atoms with Crippen molar-refractivity contribution in [1.29, 1.82) is 0 Å². The topological polar surface area (TPSA) is 24.9 Å². The molecule has 0 saturated carbocycles. The third-order valence-electron chi connectivity index (χ3n) is 2.64. The quantitative estimate of drug-likeness (QED) is 0.816. The van der Waals surface area contributed by atoms with E-state index < -0.39 is 0 Å². The van der Waals surface area contributed by atoms with Crippen LogP contribution in [0.5, 0.6) is 0 Å². The highest BCUT2D eigenvalue weighted by molar-refractivity contribution is 7.98. The second-order valence-corrected chi connectivity index (χ2v) is 5.28. The monoisotopic (exact) mass is 276 g/mol. The molecule has 0 aliphatic carbocycles. The molecular formula is C15H17FN2S. The van der Waals surface area contributed by atoms with Crippen LogP contribution in [0.3, 0.4) is 0 Å². The standard InChI is InChI=1S/C15H17FN2S/c1-2-17-8-12-4-3-5-15(7-12)19-11-13-6-14(16)10-18-9-13/h3-7,9-10,17H,2,8,11H2,1H3. The maximum absolute atomic E-state index is 13.0. The number of pyridine rings is 1. The Morgan fingerprint density at radius 2 is 2.11 bits per heavy atom. The molecule has 100 valence electrons. The molecule has 0 radical (unpaired) electrons. The van der Waals surface area contributed by atoms with Gasteiger partial charge in [0.25, 0.3) is 0 Å². The smallest absolute Gasteiger partial charge is 0.141 e. The van der Waals surface area contributed by atoms with E-state index in [9.17, 15) is 4.39 Å². The van der Waals surface area contributed by atoms with Gasteiger partial charge in [0, 0.05) is 23.4 Å². The number of rotatable bonds is 6. The number of nitrogens with one attached hydrogen (secondary N) is 1. The van der Waals surface area contributed by atoms with Crippen LogP contribution >= 0.6 is 11.8 Å². The number of nitrogens with zero attached hydrogens (tertiary/aromatic N) is 1. The van der Waals surface area contributed by atoms with Crippen LogP contribution < -0.4 is 5.32 Å². The first-order valence-electron chi connectivity index (χ1n) is 6.30. The van der Waals surface area contributed by atoms with Gasteiger partial charge < -0.3 is 5.32 Å². The van der Waals surface area contributed by atoms with Gasteiger partial charge in [-0.05, 0) is 35.9 Å². The Labute approximate surface area is 117 Å². The molecular weight excluding hydrogens is 259 g/mol. The van der Waals surface area contributed by atoms with Gasteiger partial charge in [0.05, 0.1) is 6.20 Å². The second kappa shape index (κ2) is 7.26. The molecule has 0 bridgehead atoms. The molecule has 0 amide bonds. The molecule has 0 saturated heterocycles. The number of benzene rings is 1. The van der Waals surface area contributed by atoms with Crippen molar-refractivity contribution in [2.45, 2.75) is 24.1 Å². The van der Waals surface area contributed by atoms with Crippen molar-refractivity contribution in [2.24, 2.45) is 0 Å². The first-order chi connectivity index (χ1) is 9.28. The summed E-state index contributed by atoms with van der Waals surface area (Å²) in [4.78, 5) is 5.05. The van der Waals surface area contributed by atoms with Gasteiger partial charge >= 0.3 is 0 Å². The SMILES string of the molecule is CCNCc1cccc(SCc2cncc(F)c2)c1. The number of hydrogen-bond acceptors (Lipinski definition) is 3. The van der Waals surface area contributed by atoms with Crippen molar-refractivity contribution < 1.29 is 4.39 Å².